The highest BCUT2D eigenvalue weighted by Crippen LogP contribution is 2.36. The molecule has 5 heteroatoms. The lowest BCUT2D eigenvalue weighted by atomic mass is 10.0. The van der Waals surface area contributed by atoms with Crippen LogP contribution in [0.3, 0.4) is 0 Å². The summed E-state index contributed by atoms with van der Waals surface area (Å²) in [7, 11) is 2.11. The minimum absolute atomic E-state index is 0.186. The SMILES string of the molecule is Cc1sc(C(CN)N(C)C(C)c2ccccc2Cl)cc1Br. The number of nitrogens with two attached hydrogens (primary N) is 1. The maximum Gasteiger partial charge on any atom is 0.0567 e. The number of hydrogen-bond acceptors (Lipinski definition) is 3. The van der Waals surface area contributed by atoms with E-state index in [1.807, 2.05) is 18.2 Å². The molecule has 0 aliphatic heterocycles. The Labute approximate surface area is 144 Å². The van der Waals surface area contributed by atoms with Crippen LogP contribution in [0.25, 0.3) is 0 Å². The summed E-state index contributed by atoms with van der Waals surface area (Å²) < 4.78 is 1.15. The van der Waals surface area contributed by atoms with Crippen LogP contribution >= 0.6 is 38.9 Å². The maximum absolute atomic E-state index is 6.32. The zero-order chi connectivity index (χ0) is 15.6. The first-order valence-corrected chi connectivity index (χ1v) is 8.86. The van der Waals surface area contributed by atoms with Crippen molar-refractivity contribution in [2.45, 2.75) is 25.9 Å². The van der Waals surface area contributed by atoms with Crippen LogP contribution in [0.15, 0.2) is 34.8 Å². The summed E-state index contributed by atoms with van der Waals surface area (Å²) in [6.07, 6.45) is 0. The van der Waals surface area contributed by atoms with Gasteiger partial charge in [0.05, 0.1) is 6.04 Å². The first kappa shape index (κ1) is 17.0. The molecule has 0 aliphatic rings. The average Bonchev–Trinajstić information content (AvgIpc) is 2.79. The number of hydrogen-bond donors (Lipinski definition) is 1. The van der Waals surface area contributed by atoms with Crippen LogP contribution in [0.5, 0.6) is 0 Å². The molecule has 0 bridgehead atoms. The van der Waals surface area contributed by atoms with E-state index in [2.05, 4.69) is 53.9 Å². The molecular formula is C16H20BrClN2S. The van der Waals surface area contributed by atoms with Gasteiger partial charge in [-0.3, -0.25) is 4.90 Å². The highest BCUT2D eigenvalue weighted by atomic mass is 79.9. The fourth-order valence-corrected chi connectivity index (χ4v) is 4.45. The van der Waals surface area contributed by atoms with Crippen molar-refractivity contribution in [1.29, 1.82) is 0 Å². The molecule has 2 unspecified atom stereocenters. The Hall–Kier alpha value is -0.390. The minimum atomic E-state index is 0.186. The summed E-state index contributed by atoms with van der Waals surface area (Å²) in [5, 5.41) is 0.802. The van der Waals surface area contributed by atoms with E-state index in [0.717, 1.165) is 15.1 Å². The third-order valence-corrected chi connectivity index (χ3v) is 6.47. The number of likely N-dealkylation sites (N-methyl/N-ethyl adjacent to an activating group) is 1. The average molecular weight is 388 g/mol. The van der Waals surface area contributed by atoms with Gasteiger partial charge in [0.15, 0.2) is 0 Å². The molecule has 1 aromatic carbocycles. The van der Waals surface area contributed by atoms with Gasteiger partial charge < -0.3 is 5.73 Å². The van der Waals surface area contributed by atoms with E-state index in [1.165, 1.54) is 9.75 Å². The first-order valence-electron chi connectivity index (χ1n) is 6.88. The van der Waals surface area contributed by atoms with Crippen LogP contribution in [-0.2, 0) is 0 Å². The Balaban J connectivity index is 2.28. The van der Waals surface area contributed by atoms with Gasteiger partial charge >= 0.3 is 0 Å². The predicted molar refractivity (Wildman–Crippen MR) is 96.2 cm³/mol. The number of aryl methyl sites for hydroxylation is 1. The van der Waals surface area contributed by atoms with Crippen LogP contribution in [0, 0.1) is 6.92 Å². The fraction of sp³-hybridized carbons (Fsp3) is 0.375. The summed E-state index contributed by atoms with van der Waals surface area (Å²) in [6.45, 7) is 4.86. The number of rotatable bonds is 5. The Morgan fingerprint density at radius 3 is 2.57 bits per heavy atom. The number of thiophene rings is 1. The summed E-state index contributed by atoms with van der Waals surface area (Å²) in [5.41, 5.74) is 7.17. The zero-order valence-electron chi connectivity index (χ0n) is 12.4. The molecule has 2 N–H and O–H groups in total. The molecule has 21 heavy (non-hydrogen) atoms. The third kappa shape index (κ3) is 3.69. The molecule has 0 saturated heterocycles. The lowest BCUT2D eigenvalue weighted by Gasteiger charge is -2.32. The van der Waals surface area contributed by atoms with Crippen molar-refractivity contribution >= 4 is 38.9 Å². The van der Waals surface area contributed by atoms with Crippen LogP contribution < -0.4 is 5.73 Å². The van der Waals surface area contributed by atoms with Crippen molar-refractivity contribution in [3.8, 4) is 0 Å². The normalized spacial score (nSPS) is 14.4. The summed E-state index contributed by atoms with van der Waals surface area (Å²) in [4.78, 5) is 4.85. The Bertz CT molecular complexity index is 595. The smallest absolute Gasteiger partial charge is 0.0567 e. The first-order chi connectivity index (χ1) is 9.95. The highest BCUT2D eigenvalue weighted by Gasteiger charge is 2.24. The second kappa shape index (κ2) is 7.25. The van der Waals surface area contributed by atoms with E-state index in [0.29, 0.717) is 6.54 Å². The fourth-order valence-electron chi connectivity index (χ4n) is 2.43. The molecule has 2 nitrogen and oxygen atoms in total. The lowest BCUT2D eigenvalue weighted by molar-refractivity contribution is 0.193. The van der Waals surface area contributed by atoms with E-state index in [9.17, 15) is 0 Å². The van der Waals surface area contributed by atoms with Gasteiger partial charge in [0.25, 0.3) is 0 Å². The Kier molecular flexibility index (Phi) is 5.86. The molecule has 0 saturated carbocycles. The van der Waals surface area contributed by atoms with Gasteiger partial charge in [0, 0.05) is 31.8 Å². The van der Waals surface area contributed by atoms with Gasteiger partial charge in [-0.15, -0.1) is 11.3 Å². The molecule has 0 spiro atoms. The molecule has 1 aromatic heterocycles. The van der Waals surface area contributed by atoms with E-state index in [-0.39, 0.29) is 12.1 Å². The van der Waals surface area contributed by atoms with Crippen molar-refractivity contribution in [2.75, 3.05) is 13.6 Å². The molecule has 1 heterocycles. The number of benzene rings is 1. The molecule has 0 amide bonds. The monoisotopic (exact) mass is 386 g/mol. The van der Waals surface area contributed by atoms with Gasteiger partial charge in [0.1, 0.15) is 0 Å². The lowest BCUT2D eigenvalue weighted by Crippen LogP contribution is -2.32. The zero-order valence-corrected chi connectivity index (χ0v) is 15.6. The summed E-state index contributed by atoms with van der Waals surface area (Å²) >= 11 is 11.7. The molecule has 2 rings (SSSR count). The van der Waals surface area contributed by atoms with E-state index >= 15 is 0 Å². The molecule has 0 radical (unpaired) electrons. The number of nitrogens with zero attached hydrogens (tertiary/aromatic N) is 1. The molecule has 2 aromatic rings. The van der Waals surface area contributed by atoms with Crippen LogP contribution in [-0.4, -0.2) is 18.5 Å². The van der Waals surface area contributed by atoms with Crippen molar-refractivity contribution in [3.05, 3.63) is 55.1 Å². The van der Waals surface area contributed by atoms with Crippen molar-refractivity contribution in [2.24, 2.45) is 5.73 Å². The standard InChI is InChI=1S/C16H20BrClN2S/c1-10(12-6-4-5-7-14(12)18)20(3)15(9-19)16-8-13(17)11(2)21-16/h4-8,10,15H,9,19H2,1-3H3. The van der Waals surface area contributed by atoms with E-state index in [4.69, 9.17) is 17.3 Å². The predicted octanol–water partition coefficient (Wildman–Crippen LogP) is 5.17. The minimum Gasteiger partial charge on any atom is -0.329 e. The topological polar surface area (TPSA) is 29.3 Å². The second-order valence-electron chi connectivity index (χ2n) is 5.17. The summed E-state index contributed by atoms with van der Waals surface area (Å²) in [6, 6.07) is 10.6. The van der Waals surface area contributed by atoms with E-state index < -0.39 is 0 Å². The largest absolute Gasteiger partial charge is 0.329 e. The van der Waals surface area contributed by atoms with Gasteiger partial charge in [-0.25, -0.2) is 0 Å². The maximum atomic E-state index is 6.32. The third-order valence-electron chi connectivity index (χ3n) is 3.89. The molecular weight excluding hydrogens is 368 g/mol. The quantitative estimate of drug-likeness (QED) is 0.767. The Morgan fingerprint density at radius 1 is 1.38 bits per heavy atom. The van der Waals surface area contributed by atoms with Crippen LogP contribution in [0.1, 0.15) is 34.3 Å². The van der Waals surface area contributed by atoms with Crippen LogP contribution in [0.2, 0.25) is 5.02 Å². The highest BCUT2D eigenvalue weighted by molar-refractivity contribution is 9.10. The Morgan fingerprint density at radius 2 is 2.05 bits per heavy atom. The second-order valence-corrected chi connectivity index (χ2v) is 7.72. The van der Waals surface area contributed by atoms with Crippen LogP contribution in [0.4, 0.5) is 0 Å². The molecule has 2 atom stereocenters. The van der Waals surface area contributed by atoms with Crippen molar-refractivity contribution < 1.29 is 0 Å². The van der Waals surface area contributed by atoms with Gasteiger partial charge in [-0.2, -0.15) is 0 Å². The van der Waals surface area contributed by atoms with Gasteiger partial charge in [0.2, 0.25) is 0 Å². The van der Waals surface area contributed by atoms with Crippen molar-refractivity contribution in [3.63, 3.8) is 0 Å². The molecule has 0 fully saturated rings. The summed E-state index contributed by atoms with van der Waals surface area (Å²) in [5.74, 6) is 0. The number of halogens is 2. The molecule has 0 aliphatic carbocycles. The van der Waals surface area contributed by atoms with Crippen molar-refractivity contribution in [1.82, 2.24) is 4.90 Å². The van der Waals surface area contributed by atoms with Gasteiger partial charge in [-0.05, 0) is 54.5 Å². The van der Waals surface area contributed by atoms with E-state index in [1.54, 1.807) is 11.3 Å². The molecule has 114 valence electrons. The van der Waals surface area contributed by atoms with Gasteiger partial charge in [-0.1, -0.05) is 29.8 Å².